The van der Waals surface area contributed by atoms with E-state index in [4.69, 9.17) is 9.84 Å². The van der Waals surface area contributed by atoms with Crippen molar-refractivity contribution in [1.29, 1.82) is 0 Å². The van der Waals surface area contributed by atoms with E-state index in [9.17, 15) is 9.59 Å². The molecular weight excluding hydrogens is 296 g/mol. The van der Waals surface area contributed by atoms with Gasteiger partial charge < -0.3 is 19.7 Å². The third-order valence-corrected chi connectivity index (χ3v) is 4.14. The molecule has 0 spiro atoms. The number of fused-ring (bicyclic) bond motifs is 1. The lowest BCUT2D eigenvalue weighted by Gasteiger charge is -2.32. The molecule has 6 nitrogen and oxygen atoms in total. The van der Waals surface area contributed by atoms with Gasteiger partial charge in [-0.05, 0) is 35.6 Å². The molecule has 1 aliphatic rings. The maximum Gasteiger partial charge on any atom is 0.306 e. The summed E-state index contributed by atoms with van der Waals surface area (Å²) in [5.74, 6) is -0.845. The highest BCUT2D eigenvalue weighted by atomic mass is 16.5. The number of aromatic nitrogens is 1. The van der Waals surface area contributed by atoms with Crippen molar-refractivity contribution in [3.05, 3.63) is 36.0 Å². The Morgan fingerprint density at radius 1 is 1.35 bits per heavy atom. The van der Waals surface area contributed by atoms with E-state index in [0.717, 1.165) is 16.5 Å². The third kappa shape index (κ3) is 3.90. The fourth-order valence-corrected chi connectivity index (χ4v) is 2.93. The Morgan fingerprint density at radius 3 is 3.04 bits per heavy atom. The number of aliphatic carboxylic acids is 1. The SMILES string of the molecule is O=C(O)C[C@H]1CN(C(=O)CCc2ccc3[nH]ccc3c2)CCO1. The fourth-order valence-electron chi connectivity index (χ4n) is 2.93. The Morgan fingerprint density at radius 2 is 2.22 bits per heavy atom. The van der Waals surface area contributed by atoms with E-state index in [1.807, 2.05) is 24.4 Å². The molecule has 1 aliphatic heterocycles. The van der Waals surface area contributed by atoms with E-state index in [1.54, 1.807) is 4.90 Å². The van der Waals surface area contributed by atoms with Crippen LogP contribution < -0.4 is 0 Å². The van der Waals surface area contributed by atoms with Gasteiger partial charge in [0, 0.05) is 31.2 Å². The second kappa shape index (κ2) is 6.83. The zero-order chi connectivity index (χ0) is 16.2. The van der Waals surface area contributed by atoms with Crippen molar-refractivity contribution in [2.24, 2.45) is 0 Å². The third-order valence-electron chi connectivity index (χ3n) is 4.14. The van der Waals surface area contributed by atoms with Crippen molar-refractivity contribution >= 4 is 22.8 Å². The van der Waals surface area contributed by atoms with Crippen molar-refractivity contribution in [2.75, 3.05) is 19.7 Å². The van der Waals surface area contributed by atoms with Gasteiger partial charge in [-0.2, -0.15) is 0 Å². The molecule has 0 saturated carbocycles. The second-order valence-corrected chi connectivity index (χ2v) is 5.83. The average molecular weight is 316 g/mol. The van der Waals surface area contributed by atoms with Crippen LogP contribution in [0, 0.1) is 0 Å². The topological polar surface area (TPSA) is 82.6 Å². The van der Waals surface area contributed by atoms with E-state index in [-0.39, 0.29) is 12.3 Å². The minimum atomic E-state index is -0.899. The van der Waals surface area contributed by atoms with Crippen molar-refractivity contribution in [3.63, 3.8) is 0 Å². The van der Waals surface area contributed by atoms with Gasteiger partial charge in [-0.25, -0.2) is 0 Å². The number of ether oxygens (including phenoxy) is 1. The van der Waals surface area contributed by atoms with Crippen molar-refractivity contribution in [1.82, 2.24) is 9.88 Å². The Balaban J connectivity index is 1.54. The van der Waals surface area contributed by atoms with Crippen LogP contribution in [0.3, 0.4) is 0 Å². The van der Waals surface area contributed by atoms with Crippen LogP contribution in [-0.4, -0.2) is 52.7 Å². The molecule has 1 amide bonds. The molecule has 0 unspecified atom stereocenters. The van der Waals surface area contributed by atoms with Crippen LogP contribution >= 0.6 is 0 Å². The van der Waals surface area contributed by atoms with Crippen LogP contribution in [-0.2, 0) is 20.7 Å². The van der Waals surface area contributed by atoms with Crippen LogP contribution in [0.4, 0.5) is 0 Å². The summed E-state index contributed by atoms with van der Waals surface area (Å²) in [7, 11) is 0. The van der Waals surface area contributed by atoms with E-state index in [1.165, 1.54) is 0 Å². The van der Waals surface area contributed by atoms with Gasteiger partial charge in [0.15, 0.2) is 0 Å². The number of carbonyl (C=O) groups excluding carboxylic acids is 1. The molecule has 2 N–H and O–H groups in total. The number of rotatable bonds is 5. The van der Waals surface area contributed by atoms with E-state index >= 15 is 0 Å². The lowest BCUT2D eigenvalue weighted by atomic mass is 10.1. The molecule has 0 radical (unpaired) electrons. The molecular formula is C17H20N2O4. The number of aromatic amines is 1. The highest BCUT2D eigenvalue weighted by molar-refractivity contribution is 5.80. The summed E-state index contributed by atoms with van der Waals surface area (Å²) in [6, 6.07) is 8.15. The largest absolute Gasteiger partial charge is 0.481 e. The molecule has 1 atom stereocenters. The summed E-state index contributed by atoms with van der Waals surface area (Å²) in [5, 5.41) is 9.97. The number of hydrogen-bond donors (Lipinski definition) is 2. The minimum absolute atomic E-state index is 0.0536. The number of aryl methyl sites for hydroxylation is 1. The maximum absolute atomic E-state index is 12.3. The number of hydrogen-bond acceptors (Lipinski definition) is 3. The number of benzene rings is 1. The quantitative estimate of drug-likeness (QED) is 0.881. The summed E-state index contributed by atoms with van der Waals surface area (Å²) < 4.78 is 5.39. The van der Waals surface area contributed by atoms with Crippen LogP contribution in [0.25, 0.3) is 10.9 Å². The first-order valence-electron chi connectivity index (χ1n) is 7.79. The van der Waals surface area contributed by atoms with Gasteiger partial charge in [-0.3, -0.25) is 9.59 Å². The smallest absolute Gasteiger partial charge is 0.306 e. The highest BCUT2D eigenvalue weighted by Gasteiger charge is 2.25. The van der Waals surface area contributed by atoms with E-state index in [0.29, 0.717) is 32.5 Å². The predicted molar refractivity (Wildman–Crippen MR) is 85.2 cm³/mol. The Hall–Kier alpha value is -2.34. The van der Waals surface area contributed by atoms with Crippen molar-refractivity contribution < 1.29 is 19.4 Å². The molecule has 0 bridgehead atoms. The van der Waals surface area contributed by atoms with Gasteiger partial charge in [0.05, 0.1) is 19.1 Å². The summed E-state index contributed by atoms with van der Waals surface area (Å²) in [5.41, 5.74) is 2.21. The van der Waals surface area contributed by atoms with Crippen molar-refractivity contribution in [3.8, 4) is 0 Å². The second-order valence-electron chi connectivity index (χ2n) is 5.83. The molecule has 6 heteroatoms. The molecule has 2 aromatic rings. The molecule has 0 aliphatic carbocycles. The average Bonchev–Trinajstić information content (AvgIpc) is 3.00. The summed E-state index contributed by atoms with van der Waals surface area (Å²) >= 11 is 0. The van der Waals surface area contributed by atoms with Gasteiger partial charge in [0.1, 0.15) is 0 Å². The summed E-state index contributed by atoms with van der Waals surface area (Å²) in [4.78, 5) is 27.9. The normalized spacial score (nSPS) is 18.3. The maximum atomic E-state index is 12.3. The molecule has 1 aromatic heterocycles. The number of nitrogens with zero attached hydrogens (tertiary/aromatic N) is 1. The molecule has 122 valence electrons. The zero-order valence-electron chi connectivity index (χ0n) is 12.8. The van der Waals surface area contributed by atoms with Crippen molar-refractivity contribution in [2.45, 2.75) is 25.4 Å². The predicted octanol–water partition coefficient (Wildman–Crippen LogP) is 1.80. The monoisotopic (exact) mass is 316 g/mol. The zero-order valence-corrected chi connectivity index (χ0v) is 12.8. The minimum Gasteiger partial charge on any atom is -0.481 e. The molecule has 2 heterocycles. The summed E-state index contributed by atoms with van der Waals surface area (Å²) in [6.07, 6.45) is 2.54. The van der Waals surface area contributed by atoms with Crippen LogP contribution in [0.2, 0.25) is 0 Å². The first-order chi connectivity index (χ1) is 11.1. The highest BCUT2D eigenvalue weighted by Crippen LogP contribution is 2.16. The van der Waals surface area contributed by atoms with Gasteiger partial charge in [-0.15, -0.1) is 0 Å². The van der Waals surface area contributed by atoms with Crippen LogP contribution in [0.1, 0.15) is 18.4 Å². The number of amides is 1. The van der Waals surface area contributed by atoms with Gasteiger partial charge in [0.2, 0.25) is 5.91 Å². The first kappa shape index (κ1) is 15.6. The van der Waals surface area contributed by atoms with Crippen LogP contribution in [0.15, 0.2) is 30.5 Å². The van der Waals surface area contributed by atoms with E-state index < -0.39 is 12.1 Å². The number of nitrogens with one attached hydrogen (secondary N) is 1. The lowest BCUT2D eigenvalue weighted by molar-refractivity contribution is -0.147. The molecule has 1 aromatic carbocycles. The molecule has 3 rings (SSSR count). The number of carboxylic acid groups (broad SMARTS) is 1. The molecule has 1 fully saturated rings. The molecule has 23 heavy (non-hydrogen) atoms. The fraction of sp³-hybridized carbons (Fsp3) is 0.412. The summed E-state index contributed by atoms with van der Waals surface area (Å²) in [6.45, 7) is 1.30. The Bertz CT molecular complexity index is 709. The standard InChI is InChI=1S/C17H20N2O4/c20-16(19-7-8-23-14(11-19)10-17(21)22)4-2-12-1-3-15-13(9-12)5-6-18-15/h1,3,5-6,9,14,18H,2,4,7-8,10-11H2,(H,21,22)/t14-/m0/s1. The molecule has 1 saturated heterocycles. The number of carbonyl (C=O) groups is 2. The van der Waals surface area contributed by atoms with Crippen LogP contribution in [0.5, 0.6) is 0 Å². The Kier molecular flexibility index (Phi) is 4.62. The first-order valence-corrected chi connectivity index (χ1v) is 7.79. The van der Waals surface area contributed by atoms with Gasteiger partial charge in [-0.1, -0.05) is 6.07 Å². The number of carboxylic acids is 1. The van der Waals surface area contributed by atoms with E-state index in [2.05, 4.69) is 11.1 Å². The number of morpholine rings is 1. The number of H-pyrrole nitrogens is 1. The Labute approximate surface area is 134 Å². The van der Waals surface area contributed by atoms with Gasteiger partial charge in [0.25, 0.3) is 0 Å². The lowest BCUT2D eigenvalue weighted by Crippen LogP contribution is -2.46. The van der Waals surface area contributed by atoms with Gasteiger partial charge >= 0.3 is 5.97 Å².